The number of aliphatic carboxylic acids is 1. The first-order valence-electron chi connectivity index (χ1n) is 7.17. The number of likely N-dealkylation sites (tertiary alicyclic amines) is 1. The Morgan fingerprint density at radius 3 is 2.85 bits per heavy atom. The van der Waals surface area contributed by atoms with Crippen LogP contribution in [0.3, 0.4) is 0 Å². The largest absolute Gasteiger partial charge is 0.480 e. The van der Waals surface area contributed by atoms with Crippen LogP contribution in [0, 0.1) is 12.8 Å². The van der Waals surface area contributed by atoms with Crippen LogP contribution in [0.5, 0.6) is 0 Å². The molecule has 0 aromatic carbocycles. The molecule has 3 rings (SSSR count). The first-order chi connectivity index (χ1) is 9.59. The number of aryl methyl sites for hydroxylation is 1. The second-order valence-corrected chi connectivity index (χ2v) is 6.75. The normalized spacial score (nSPS) is 29.2. The zero-order chi connectivity index (χ0) is 14.3. The molecule has 0 spiro atoms. The summed E-state index contributed by atoms with van der Waals surface area (Å²) in [6.45, 7) is 2.68. The predicted octanol–water partition coefficient (Wildman–Crippen LogP) is 2.63. The van der Waals surface area contributed by atoms with Gasteiger partial charge in [-0.15, -0.1) is 11.3 Å². The van der Waals surface area contributed by atoms with Crippen molar-refractivity contribution in [1.29, 1.82) is 0 Å². The van der Waals surface area contributed by atoms with Gasteiger partial charge < -0.3 is 10.0 Å². The third-order valence-electron chi connectivity index (χ3n) is 4.42. The number of carbonyl (C=O) groups is 2. The van der Waals surface area contributed by atoms with Crippen molar-refractivity contribution in [2.24, 2.45) is 5.92 Å². The SMILES string of the molecule is Cc1ccsc1[C@@H]1C[C@@H]1C(=O)N1CCCC[C@H]1C(=O)O. The van der Waals surface area contributed by atoms with E-state index in [4.69, 9.17) is 0 Å². The van der Waals surface area contributed by atoms with E-state index in [9.17, 15) is 14.7 Å². The van der Waals surface area contributed by atoms with Gasteiger partial charge in [0.05, 0.1) is 0 Å². The van der Waals surface area contributed by atoms with Gasteiger partial charge >= 0.3 is 5.97 Å². The number of nitrogens with zero attached hydrogens (tertiary/aromatic N) is 1. The fraction of sp³-hybridized carbons (Fsp3) is 0.600. The third-order valence-corrected chi connectivity index (χ3v) is 5.57. The van der Waals surface area contributed by atoms with Crippen molar-refractivity contribution in [2.75, 3.05) is 6.54 Å². The van der Waals surface area contributed by atoms with Crippen molar-refractivity contribution >= 4 is 23.2 Å². The maximum atomic E-state index is 12.6. The quantitative estimate of drug-likeness (QED) is 0.932. The van der Waals surface area contributed by atoms with Gasteiger partial charge in [0.1, 0.15) is 6.04 Å². The molecule has 20 heavy (non-hydrogen) atoms. The summed E-state index contributed by atoms with van der Waals surface area (Å²) in [5, 5.41) is 11.3. The number of carbonyl (C=O) groups excluding carboxylic acids is 1. The minimum Gasteiger partial charge on any atom is -0.480 e. The Hall–Kier alpha value is -1.36. The summed E-state index contributed by atoms with van der Waals surface area (Å²) in [7, 11) is 0. The molecule has 1 aromatic rings. The van der Waals surface area contributed by atoms with Gasteiger partial charge in [-0.1, -0.05) is 0 Å². The molecule has 0 unspecified atom stereocenters. The summed E-state index contributed by atoms with van der Waals surface area (Å²) in [4.78, 5) is 26.8. The van der Waals surface area contributed by atoms with Gasteiger partial charge in [0.2, 0.25) is 5.91 Å². The standard InChI is InChI=1S/C15H19NO3S/c1-9-5-7-20-13(9)10-8-11(10)14(17)16-6-3-2-4-12(16)15(18)19/h5,7,10-12H,2-4,6,8H2,1H3,(H,18,19)/t10-,11+,12+/m1/s1. The first kappa shape index (κ1) is 13.6. The molecule has 1 saturated heterocycles. The lowest BCUT2D eigenvalue weighted by molar-refractivity contribution is -0.152. The Bertz CT molecular complexity index is 539. The van der Waals surface area contributed by atoms with E-state index in [-0.39, 0.29) is 11.8 Å². The third kappa shape index (κ3) is 2.35. The number of hydrogen-bond acceptors (Lipinski definition) is 3. The summed E-state index contributed by atoms with van der Waals surface area (Å²) >= 11 is 1.71. The van der Waals surface area contributed by atoms with Crippen molar-refractivity contribution in [1.82, 2.24) is 4.90 Å². The van der Waals surface area contributed by atoms with Crippen LogP contribution in [-0.2, 0) is 9.59 Å². The topological polar surface area (TPSA) is 57.6 Å². The van der Waals surface area contributed by atoms with Gasteiger partial charge in [-0.2, -0.15) is 0 Å². The van der Waals surface area contributed by atoms with Gasteiger partial charge in [-0.3, -0.25) is 4.79 Å². The van der Waals surface area contributed by atoms with Crippen LogP contribution in [0.2, 0.25) is 0 Å². The molecule has 0 bridgehead atoms. The van der Waals surface area contributed by atoms with Gasteiger partial charge in [0.15, 0.2) is 0 Å². The number of carboxylic acids is 1. The Morgan fingerprint density at radius 1 is 1.40 bits per heavy atom. The average Bonchev–Trinajstić information content (AvgIpc) is 3.12. The number of thiophene rings is 1. The summed E-state index contributed by atoms with van der Waals surface area (Å²) in [5.74, 6) is -0.483. The maximum absolute atomic E-state index is 12.6. The Kier molecular flexibility index (Phi) is 3.54. The van der Waals surface area contributed by atoms with E-state index in [0.29, 0.717) is 18.9 Å². The van der Waals surface area contributed by atoms with Crippen LogP contribution < -0.4 is 0 Å². The Morgan fingerprint density at radius 2 is 2.20 bits per heavy atom. The fourth-order valence-corrected chi connectivity index (χ4v) is 4.30. The second kappa shape index (κ2) is 5.20. The monoisotopic (exact) mass is 293 g/mol. The van der Waals surface area contributed by atoms with Gasteiger partial charge in [0, 0.05) is 23.3 Å². The summed E-state index contributed by atoms with van der Waals surface area (Å²) in [5.41, 5.74) is 1.25. The van der Waals surface area contributed by atoms with Crippen molar-refractivity contribution in [3.8, 4) is 0 Å². The van der Waals surface area contributed by atoms with Crippen LogP contribution in [-0.4, -0.2) is 34.5 Å². The summed E-state index contributed by atoms with van der Waals surface area (Å²) < 4.78 is 0. The average molecular weight is 293 g/mol. The van der Waals surface area contributed by atoms with E-state index in [1.807, 2.05) is 0 Å². The van der Waals surface area contributed by atoms with Crippen LogP contribution in [0.25, 0.3) is 0 Å². The van der Waals surface area contributed by atoms with E-state index in [0.717, 1.165) is 19.3 Å². The molecule has 5 heteroatoms. The molecule has 2 fully saturated rings. The highest BCUT2D eigenvalue weighted by atomic mass is 32.1. The van der Waals surface area contributed by atoms with Crippen LogP contribution >= 0.6 is 11.3 Å². The fourth-order valence-electron chi connectivity index (χ4n) is 3.19. The number of carboxylic acid groups (broad SMARTS) is 1. The maximum Gasteiger partial charge on any atom is 0.326 e. The van der Waals surface area contributed by atoms with Crippen molar-refractivity contribution in [3.05, 3.63) is 21.9 Å². The predicted molar refractivity (Wildman–Crippen MR) is 76.9 cm³/mol. The Labute approximate surface area is 122 Å². The smallest absolute Gasteiger partial charge is 0.326 e. The van der Waals surface area contributed by atoms with E-state index in [1.165, 1.54) is 10.4 Å². The molecule has 3 atom stereocenters. The second-order valence-electron chi connectivity index (χ2n) is 5.80. The van der Waals surface area contributed by atoms with Crippen molar-refractivity contribution < 1.29 is 14.7 Å². The number of rotatable bonds is 3. The van der Waals surface area contributed by atoms with Gasteiger partial charge in [0.25, 0.3) is 0 Å². The highest BCUT2D eigenvalue weighted by molar-refractivity contribution is 7.10. The number of amides is 1. The summed E-state index contributed by atoms with van der Waals surface area (Å²) in [6, 6.07) is 1.47. The number of hydrogen-bond donors (Lipinski definition) is 1. The zero-order valence-corrected chi connectivity index (χ0v) is 12.4. The van der Waals surface area contributed by atoms with Crippen LogP contribution in [0.1, 0.15) is 42.0 Å². The molecule has 1 aliphatic heterocycles. The first-order valence-corrected chi connectivity index (χ1v) is 8.05. The van der Waals surface area contributed by atoms with E-state index >= 15 is 0 Å². The molecule has 0 radical (unpaired) electrons. The molecule has 1 amide bonds. The molecule has 1 aromatic heterocycles. The highest BCUT2D eigenvalue weighted by Crippen LogP contribution is 2.51. The van der Waals surface area contributed by atoms with Crippen molar-refractivity contribution in [3.63, 3.8) is 0 Å². The highest BCUT2D eigenvalue weighted by Gasteiger charge is 2.49. The molecule has 4 nitrogen and oxygen atoms in total. The lowest BCUT2D eigenvalue weighted by Gasteiger charge is -2.33. The van der Waals surface area contributed by atoms with E-state index in [2.05, 4.69) is 18.4 Å². The van der Waals surface area contributed by atoms with Crippen LogP contribution in [0.4, 0.5) is 0 Å². The van der Waals surface area contributed by atoms with Gasteiger partial charge in [-0.05, 0) is 49.6 Å². The van der Waals surface area contributed by atoms with Gasteiger partial charge in [-0.25, -0.2) is 4.79 Å². The Balaban J connectivity index is 1.71. The van der Waals surface area contributed by atoms with E-state index < -0.39 is 12.0 Å². The lowest BCUT2D eigenvalue weighted by Crippen LogP contribution is -2.48. The molecular weight excluding hydrogens is 274 g/mol. The number of piperidine rings is 1. The lowest BCUT2D eigenvalue weighted by atomic mass is 10.0. The molecular formula is C15H19NO3S. The molecule has 108 valence electrons. The molecule has 1 saturated carbocycles. The molecule has 1 N–H and O–H groups in total. The summed E-state index contributed by atoms with van der Waals surface area (Å²) in [6.07, 6.45) is 3.29. The van der Waals surface area contributed by atoms with Crippen molar-refractivity contribution in [2.45, 2.75) is 44.6 Å². The van der Waals surface area contributed by atoms with Crippen LogP contribution in [0.15, 0.2) is 11.4 Å². The molecule has 2 aliphatic rings. The minimum atomic E-state index is -0.859. The molecule has 1 aliphatic carbocycles. The minimum absolute atomic E-state index is 0.00676. The zero-order valence-electron chi connectivity index (χ0n) is 11.5. The van der Waals surface area contributed by atoms with E-state index in [1.54, 1.807) is 16.2 Å². The molecule has 2 heterocycles.